The van der Waals surface area contributed by atoms with E-state index in [1.807, 2.05) is 0 Å². The van der Waals surface area contributed by atoms with Crippen molar-refractivity contribution in [1.82, 2.24) is 15.0 Å². The van der Waals surface area contributed by atoms with Gasteiger partial charge in [-0.05, 0) is 12.8 Å². The fourth-order valence-corrected chi connectivity index (χ4v) is 1.19. The van der Waals surface area contributed by atoms with Crippen LogP contribution < -0.4 is 0 Å². The van der Waals surface area contributed by atoms with Gasteiger partial charge in [-0.3, -0.25) is 0 Å². The number of nitrogens with zero attached hydrogens (tertiary/aromatic N) is 3. The second-order valence-electron chi connectivity index (χ2n) is 2.88. The van der Waals surface area contributed by atoms with Gasteiger partial charge < -0.3 is 4.74 Å². The maximum atomic E-state index is 11.1. The zero-order valence-corrected chi connectivity index (χ0v) is 7.78. The molecule has 0 unspecified atom stereocenters. The highest BCUT2D eigenvalue weighted by Crippen LogP contribution is 2.33. The van der Waals surface area contributed by atoms with Gasteiger partial charge in [-0.2, -0.15) is 4.80 Å². The lowest BCUT2D eigenvalue weighted by Crippen LogP contribution is -2.04. The summed E-state index contributed by atoms with van der Waals surface area (Å²) in [5.41, 5.74) is 0.0936. The number of methoxy groups -OCH3 is 1. The molecule has 1 heterocycles. The van der Waals surface area contributed by atoms with E-state index in [-0.39, 0.29) is 10.8 Å². The van der Waals surface area contributed by atoms with Crippen LogP contribution in [-0.2, 0) is 4.74 Å². The Labute approximate surface area is 79.6 Å². The van der Waals surface area contributed by atoms with Gasteiger partial charge in [-0.1, -0.05) is 11.6 Å². The maximum Gasteiger partial charge on any atom is 0.361 e. The number of ether oxygens (including phenoxy) is 1. The predicted molar refractivity (Wildman–Crippen MR) is 44.6 cm³/mol. The molecule has 1 aliphatic carbocycles. The van der Waals surface area contributed by atoms with E-state index in [9.17, 15) is 4.79 Å². The molecule has 1 fully saturated rings. The van der Waals surface area contributed by atoms with Gasteiger partial charge in [0.1, 0.15) is 0 Å². The van der Waals surface area contributed by atoms with Gasteiger partial charge >= 0.3 is 5.97 Å². The van der Waals surface area contributed by atoms with Crippen LogP contribution in [0, 0.1) is 0 Å². The Balaban J connectivity index is 2.29. The molecule has 0 aromatic carbocycles. The lowest BCUT2D eigenvalue weighted by molar-refractivity contribution is 0.0593. The summed E-state index contributed by atoms with van der Waals surface area (Å²) >= 11 is 5.70. The summed E-state index contributed by atoms with van der Waals surface area (Å²) in [5, 5.41) is 7.96. The van der Waals surface area contributed by atoms with E-state index < -0.39 is 5.97 Å². The molecule has 1 aliphatic rings. The molecule has 0 spiro atoms. The first-order chi connectivity index (χ1) is 6.22. The van der Waals surface area contributed by atoms with Crippen molar-refractivity contribution in [2.45, 2.75) is 18.9 Å². The van der Waals surface area contributed by atoms with Crippen LogP contribution in [0.1, 0.15) is 29.4 Å². The van der Waals surface area contributed by atoms with Crippen LogP contribution in [0.5, 0.6) is 0 Å². The summed E-state index contributed by atoms with van der Waals surface area (Å²) < 4.78 is 4.49. The smallest absolute Gasteiger partial charge is 0.361 e. The lowest BCUT2D eigenvalue weighted by Gasteiger charge is -1.92. The molecule has 1 saturated carbocycles. The minimum Gasteiger partial charge on any atom is -0.464 e. The summed E-state index contributed by atoms with van der Waals surface area (Å²) in [6.45, 7) is 0. The van der Waals surface area contributed by atoms with E-state index in [0.717, 1.165) is 12.8 Å². The fraction of sp³-hybridized carbons (Fsp3) is 0.571. The number of carbonyl (C=O) groups is 1. The second kappa shape index (κ2) is 2.99. The summed E-state index contributed by atoms with van der Waals surface area (Å²) in [6, 6.07) is 0.316. The average Bonchev–Trinajstić information content (AvgIpc) is 2.89. The first-order valence-corrected chi connectivity index (χ1v) is 4.31. The fourth-order valence-electron chi connectivity index (χ4n) is 0.994. The van der Waals surface area contributed by atoms with Gasteiger partial charge in [-0.25, -0.2) is 4.79 Å². The number of hydrogen-bond acceptors (Lipinski definition) is 4. The Morgan fingerprint density at radius 2 is 2.31 bits per heavy atom. The quantitative estimate of drug-likeness (QED) is 0.672. The Bertz CT molecular complexity index is 346. The van der Waals surface area contributed by atoms with E-state index in [0.29, 0.717) is 6.04 Å². The third-order valence-electron chi connectivity index (χ3n) is 1.84. The van der Waals surface area contributed by atoms with Crippen LogP contribution in [0.3, 0.4) is 0 Å². The molecule has 1 aromatic heterocycles. The minimum absolute atomic E-state index is 0.0936. The Hall–Kier alpha value is -1.10. The van der Waals surface area contributed by atoms with Crippen LogP contribution in [0.4, 0.5) is 0 Å². The summed E-state index contributed by atoms with van der Waals surface area (Å²) in [4.78, 5) is 12.5. The molecular formula is C7H8ClN3O2. The van der Waals surface area contributed by atoms with Crippen LogP contribution in [0.15, 0.2) is 0 Å². The van der Waals surface area contributed by atoms with Crippen molar-refractivity contribution in [3.8, 4) is 0 Å². The number of carbonyl (C=O) groups excluding carboxylic acids is 1. The molecule has 2 rings (SSSR count). The van der Waals surface area contributed by atoms with E-state index in [2.05, 4.69) is 14.9 Å². The summed E-state index contributed by atoms with van der Waals surface area (Å²) in [6.07, 6.45) is 2.09. The average molecular weight is 202 g/mol. The highest BCUT2D eigenvalue weighted by atomic mass is 35.5. The van der Waals surface area contributed by atoms with Crippen molar-refractivity contribution >= 4 is 17.6 Å². The van der Waals surface area contributed by atoms with Gasteiger partial charge in [0.05, 0.1) is 13.2 Å². The summed E-state index contributed by atoms with van der Waals surface area (Å²) in [5.74, 6) is -0.545. The van der Waals surface area contributed by atoms with Crippen LogP contribution in [0.25, 0.3) is 0 Å². The highest BCUT2D eigenvalue weighted by molar-refractivity contribution is 6.32. The number of esters is 1. The molecule has 0 atom stereocenters. The van der Waals surface area contributed by atoms with Crippen molar-refractivity contribution < 1.29 is 9.53 Å². The topological polar surface area (TPSA) is 57.0 Å². The number of halogens is 1. The zero-order valence-electron chi connectivity index (χ0n) is 7.03. The molecule has 0 radical (unpaired) electrons. The van der Waals surface area contributed by atoms with E-state index in [1.165, 1.54) is 11.9 Å². The maximum absolute atomic E-state index is 11.1. The predicted octanol–water partition coefficient (Wildman–Crippen LogP) is 1.05. The van der Waals surface area contributed by atoms with Crippen molar-refractivity contribution in [3.63, 3.8) is 0 Å². The lowest BCUT2D eigenvalue weighted by atomic mass is 10.5. The van der Waals surface area contributed by atoms with E-state index >= 15 is 0 Å². The SMILES string of the molecule is COC(=O)c1nn(C2CC2)nc1Cl. The zero-order chi connectivity index (χ0) is 9.42. The molecule has 13 heavy (non-hydrogen) atoms. The monoisotopic (exact) mass is 201 g/mol. The molecule has 0 saturated heterocycles. The van der Waals surface area contributed by atoms with Gasteiger partial charge in [0.25, 0.3) is 0 Å². The molecule has 1 aromatic rings. The van der Waals surface area contributed by atoms with E-state index in [1.54, 1.807) is 0 Å². The first kappa shape index (κ1) is 8.50. The normalized spacial score (nSPS) is 15.8. The third-order valence-corrected chi connectivity index (χ3v) is 2.09. The van der Waals surface area contributed by atoms with Crippen molar-refractivity contribution in [1.29, 1.82) is 0 Å². The van der Waals surface area contributed by atoms with Gasteiger partial charge in [0, 0.05) is 0 Å². The van der Waals surface area contributed by atoms with Gasteiger partial charge in [0.15, 0.2) is 5.15 Å². The number of rotatable bonds is 2. The highest BCUT2D eigenvalue weighted by Gasteiger charge is 2.28. The largest absolute Gasteiger partial charge is 0.464 e. The molecule has 70 valence electrons. The molecule has 0 amide bonds. The van der Waals surface area contributed by atoms with Crippen molar-refractivity contribution in [2.75, 3.05) is 7.11 Å². The van der Waals surface area contributed by atoms with Gasteiger partial charge in [-0.15, -0.1) is 10.2 Å². The third kappa shape index (κ3) is 1.51. The Morgan fingerprint density at radius 1 is 1.62 bits per heavy atom. The Morgan fingerprint density at radius 3 is 2.85 bits per heavy atom. The Kier molecular flexibility index (Phi) is 1.95. The molecule has 0 N–H and O–H groups in total. The molecule has 5 nitrogen and oxygen atoms in total. The van der Waals surface area contributed by atoms with Crippen LogP contribution in [0.2, 0.25) is 5.15 Å². The molecule has 0 bridgehead atoms. The van der Waals surface area contributed by atoms with Gasteiger partial charge in [0.2, 0.25) is 5.69 Å². The summed E-state index contributed by atoms with van der Waals surface area (Å²) in [7, 11) is 1.29. The molecule has 0 aliphatic heterocycles. The van der Waals surface area contributed by atoms with Crippen molar-refractivity contribution in [2.24, 2.45) is 0 Å². The van der Waals surface area contributed by atoms with Crippen molar-refractivity contribution in [3.05, 3.63) is 10.8 Å². The molecule has 6 heteroatoms. The molecular weight excluding hydrogens is 194 g/mol. The standard InChI is InChI=1S/C7H8ClN3O2/c1-13-7(12)5-6(8)10-11(9-5)4-2-3-4/h4H,2-3H2,1H3. The second-order valence-corrected chi connectivity index (χ2v) is 3.24. The first-order valence-electron chi connectivity index (χ1n) is 3.93. The van der Waals surface area contributed by atoms with Crippen LogP contribution in [-0.4, -0.2) is 28.1 Å². The number of aromatic nitrogens is 3. The minimum atomic E-state index is -0.545. The van der Waals surface area contributed by atoms with E-state index in [4.69, 9.17) is 11.6 Å². The number of hydrogen-bond donors (Lipinski definition) is 0. The van der Waals surface area contributed by atoms with Crippen LogP contribution >= 0.6 is 11.6 Å².